The molecule has 4 nitrogen and oxygen atoms in total. The van der Waals surface area contributed by atoms with Crippen LogP contribution in [0.2, 0.25) is 0 Å². The molecule has 0 radical (unpaired) electrons. The highest BCUT2D eigenvalue weighted by molar-refractivity contribution is 5.85. The van der Waals surface area contributed by atoms with Crippen molar-refractivity contribution in [2.75, 3.05) is 13.1 Å². The number of rotatable bonds is 5. The molecule has 0 atom stereocenters. The predicted octanol–water partition coefficient (Wildman–Crippen LogP) is 2.52. The third kappa shape index (κ3) is 2.80. The van der Waals surface area contributed by atoms with Gasteiger partial charge in [0.15, 0.2) is 6.29 Å². The Labute approximate surface area is 120 Å². The lowest BCUT2D eigenvalue weighted by molar-refractivity contribution is 0.111. The summed E-state index contributed by atoms with van der Waals surface area (Å²) in [4.78, 5) is 17.0. The van der Waals surface area contributed by atoms with Crippen molar-refractivity contribution >= 4 is 11.9 Å². The van der Waals surface area contributed by atoms with Gasteiger partial charge in [-0.15, -0.1) is 0 Å². The molecule has 1 aliphatic heterocycles. The first-order chi connectivity index (χ1) is 9.81. The SMILES string of the molecule is N/C=C(\c1cc(CN2CCCCC2)[nH]c1C=O)C1CC1. The lowest BCUT2D eigenvalue weighted by Crippen LogP contribution is -2.29. The van der Waals surface area contributed by atoms with E-state index in [2.05, 4.69) is 16.0 Å². The Bertz CT molecular complexity index is 508. The normalized spacial score (nSPS) is 21.1. The molecule has 2 aliphatic rings. The number of likely N-dealkylation sites (tertiary alicyclic amines) is 1. The van der Waals surface area contributed by atoms with Crippen LogP contribution in [-0.2, 0) is 6.54 Å². The zero-order valence-corrected chi connectivity index (χ0v) is 11.9. The molecule has 3 N–H and O–H groups in total. The standard InChI is InChI=1S/C16H23N3O/c17-9-15(12-4-5-12)14-8-13(18-16(14)11-20)10-19-6-2-1-3-7-19/h8-9,11-12,18H,1-7,10,17H2/b15-9-. The number of nitrogens with zero attached hydrogens (tertiary/aromatic N) is 1. The Morgan fingerprint density at radius 2 is 2.10 bits per heavy atom. The molecule has 4 heteroatoms. The highest BCUT2D eigenvalue weighted by atomic mass is 16.1. The highest BCUT2D eigenvalue weighted by Crippen LogP contribution is 2.42. The smallest absolute Gasteiger partial charge is 0.166 e. The van der Waals surface area contributed by atoms with Gasteiger partial charge in [-0.1, -0.05) is 6.42 Å². The Morgan fingerprint density at radius 3 is 2.70 bits per heavy atom. The van der Waals surface area contributed by atoms with E-state index in [4.69, 9.17) is 5.73 Å². The van der Waals surface area contributed by atoms with Crippen LogP contribution in [0.25, 0.3) is 5.57 Å². The third-order valence-corrected chi connectivity index (χ3v) is 4.37. The first-order valence-electron chi connectivity index (χ1n) is 7.63. The largest absolute Gasteiger partial charge is 0.404 e. The molecule has 1 aromatic rings. The lowest BCUT2D eigenvalue weighted by Gasteiger charge is -2.25. The van der Waals surface area contributed by atoms with Crippen molar-refractivity contribution < 1.29 is 4.79 Å². The van der Waals surface area contributed by atoms with E-state index >= 15 is 0 Å². The second kappa shape index (κ2) is 5.83. The van der Waals surface area contributed by atoms with Crippen molar-refractivity contribution in [2.45, 2.75) is 38.6 Å². The summed E-state index contributed by atoms with van der Waals surface area (Å²) in [5, 5.41) is 0. The number of piperidine rings is 1. The molecule has 0 amide bonds. The van der Waals surface area contributed by atoms with Crippen LogP contribution in [0.4, 0.5) is 0 Å². The van der Waals surface area contributed by atoms with Crippen LogP contribution in [0.3, 0.4) is 0 Å². The van der Waals surface area contributed by atoms with Gasteiger partial charge in [0.25, 0.3) is 0 Å². The summed E-state index contributed by atoms with van der Waals surface area (Å²) < 4.78 is 0. The van der Waals surface area contributed by atoms with Crippen LogP contribution in [0.5, 0.6) is 0 Å². The molecular weight excluding hydrogens is 250 g/mol. The van der Waals surface area contributed by atoms with Crippen LogP contribution in [-0.4, -0.2) is 29.3 Å². The zero-order chi connectivity index (χ0) is 13.9. The minimum Gasteiger partial charge on any atom is -0.404 e. The average Bonchev–Trinajstić information content (AvgIpc) is 3.23. The minimum atomic E-state index is 0.553. The zero-order valence-electron chi connectivity index (χ0n) is 11.9. The number of hydrogen-bond donors (Lipinski definition) is 2. The summed E-state index contributed by atoms with van der Waals surface area (Å²) in [5.41, 5.74) is 9.71. The summed E-state index contributed by atoms with van der Waals surface area (Å²) in [6.07, 6.45) is 8.88. The van der Waals surface area contributed by atoms with Crippen molar-refractivity contribution in [1.29, 1.82) is 0 Å². The van der Waals surface area contributed by atoms with Crippen molar-refractivity contribution in [2.24, 2.45) is 11.7 Å². The van der Waals surface area contributed by atoms with Crippen molar-refractivity contribution in [3.05, 3.63) is 29.2 Å². The Hall–Kier alpha value is -1.55. The van der Waals surface area contributed by atoms with E-state index in [9.17, 15) is 4.79 Å². The van der Waals surface area contributed by atoms with Gasteiger partial charge in [-0.3, -0.25) is 9.69 Å². The molecular formula is C16H23N3O. The Kier molecular flexibility index (Phi) is 3.92. The third-order valence-electron chi connectivity index (χ3n) is 4.37. The van der Waals surface area contributed by atoms with Gasteiger partial charge in [-0.05, 0) is 62.5 Å². The van der Waals surface area contributed by atoms with Crippen LogP contribution < -0.4 is 5.73 Å². The number of aldehydes is 1. The van der Waals surface area contributed by atoms with Crippen LogP contribution in [0.1, 0.15) is 53.8 Å². The molecule has 1 saturated heterocycles. The van der Waals surface area contributed by atoms with Crippen LogP contribution >= 0.6 is 0 Å². The summed E-state index contributed by atoms with van der Waals surface area (Å²) in [5.74, 6) is 0.553. The summed E-state index contributed by atoms with van der Waals surface area (Å²) >= 11 is 0. The molecule has 0 spiro atoms. The Balaban J connectivity index is 1.78. The van der Waals surface area contributed by atoms with Gasteiger partial charge in [0.2, 0.25) is 0 Å². The number of allylic oxidation sites excluding steroid dienone is 1. The van der Waals surface area contributed by atoms with E-state index < -0.39 is 0 Å². The maximum absolute atomic E-state index is 11.3. The van der Waals surface area contributed by atoms with Crippen molar-refractivity contribution in [3.8, 4) is 0 Å². The van der Waals surface area contributed by atoms with E-state index in [1.54, 1.807) is 6.20 Å². The predicted molar refractivity (Wildman–Crippen MR) is 80.2 cm³/mol. The monoisotopic (exact) mass is 273 g/mol. The topological polar surface area (TPSA) is 62.1 Å². The minimum absolute atomic E-state index is 0.553. The number of aromatic amines is 1. The van der Waals surface area contributed by atoms with Gasteiger partial charge in [0.05, 0.1) is 5.69 Å². The van der Waals surface area contributed by atoms with Gasteiger partial charge in [-0.25, -0.2) is 0 Å². The molecule has 0 bridgehead atoms. The van der Waals surface area contributed by atoms with Gasteiger partial charge >= 0.3 is 0 Å². The number of carbonyl (C=O) groups is 1. The van der Waals surface area contributed by atoms with Gasteiger partial charge in [-0.2, -0.15) is 0 Å². The molecule has 3 rings (SSSR count). The molecule has 1 aromatic heterocycles. The number of nitrogens with two attached hydrogens (primary N) is 1. The quantitative estimate of drug-likeness (QED) is 0.810. The van der Waals surface area contributed by atoms with Crippen molar-refractivity contribution in [1.82, 2.24) is 9.88 Å². The maximum atomic E-state index is 11.3. The molecule has 2 heterocycles. The van der Waals surface area contributed by atoms with E-state index in [0.717, 1.165) is 42.8 Å². The molecule has 1 aliphatic carbocycles. The lowest BCUT2D eigenvalue weighted by atomic mass is 10.0. The number of hydrogen-bond acceptors (Lipinski definition) is 3. The van der Waals surface area contributed by atoms with Crippen LogP contribution in [0.15, 0.2) is 12.3 Å². The Morgan fingerprint density at radius 1 is 1.35 bits per heavy atom. The molecule has 108 valence electrons. The summed E-state index contributed by atoms with van der Waals surface area (Å²) in [6.45, 7) is 3.23. The fraction of sp³-hybridized carbons (Fsp3) is 0.562. The molecule has 1 saturated carbocycles. The second-order valence-electron chi connectivity index (χ2n) is 5.97. The van der Waals surface area contributed by atoms with Gasteiger partial charge in [0.1, 0.15) is 0 Å². The maximum Gasteiger partial charge on any atom is 0.166 e. The number of H-pyrrole nitrogens is 1. The molecule has 2 fully saturated rings. The first kappa shape index (κ1) is 13.4. The first-order valence-corrected chi connectivity index (χ1v) is 7.63. The number of carbonyl (C=O) groups excluding carboxylic acids is 1. The highest BCUT2D eigenvalue weighted by Gasteiger charge is 2.29. The van der Waals surface area contributed by atoms with E-state index in [-0.39, 0.29) is 0 Å². The van der Waals surface area contributed by atoms with Gasteiger partial charge in [0, 0.05) is 17.8 Å². The van der Waals surface area contributed by atoms with E-state index in [1.165, 1.54) is 32.1 Å². The van der Waals surface area contributed by atoms with E-state index in [1.807, 2.05) is 0 Å². The molecule has 20 heavy (non-hydrogen) atoms. The van der Waals surface area contributed by atoms with Gasteiger partial charge < -0.3 is 10.7 Å². The summed E-state index contributed by atoms with van der Waals surface area (Å²) in [6, 6.07) is 2.12. The summed E-state index contributed by atoms with van der Waals surface area (Å²) in [7, 11) is 0. The molecule has 0 unspecified atom stereocenters. The molecule has 0 aromatic carbocycles. The number of nitrogens with one attached hydrogen (secondary N) is 1. The second-order valence-corrected chi connectivity index (χ2v) is 5.97. The van der Waals surface area contributed by atoms with Crippen LogP contribution in [0, 0.1) is 5.92 Å². The number of aromatic nitrogens is 1. The average molecular weight is 273 g/mol. The fourth-order valence-electron chi connectivity index (χ4n) is 3.14. The van der Waals surface area contributed by atoms with Crippen molar-refractivity contribution in [3.63, 3.8) is 0 Å². The fourth-order valence-corrected chi connectivity index (χ4v) is 3.14. The van der Waals surface area contributed by atoms with E-state index in [0.29, 0.717) is 11.6 Å².